The van der Waals surface area contributed by atoms with Crippen LogP contribution in [-0.4, -0.2) is 44.0 Å². The van der Waals surface area contributed by atoms with Gasteiger partial charge in [0.2, 0.25) is 10.0 Å². The molecule has 0 fully saturated rings. The number of rotatable bonds is 7. The van der Waals surface area contributed by atoms with E-state index < -0.39 is 27.7 Å². The van der Waals surface area contributed by atoms with Crippen molar-refractivity contribution in [3.8, 4) is 5.75 Å². The van der Waals surface area contributed by atoms with E-state index >= 15 is 0 Å². The van der Waals surface area contributed by atoms with E-state index in [-0.39, 0.29) is 11.4 Å². The number of sulfonamides is 1. The van der Waals surface area contributed by atoms with Gasteiger partial charge in [-0.25, -0.2) is 13.1 Å². The fourth-order valence-corrected chi connectivity index (χ4v) is 3.40. The van der Waals surface area contributed by atoms with Gasteiger partial charge in [0.05, 0.1) is 10.5 Å². The number of nitrogens with one attached hydrogen (secondary N) is 1. The van der Waals surface area contributed by atoms with Crippen LogP contribution in [0.25, 0.3) is 0 Å². The monoisotopic (exact) mass is 359 g/mol. The van der Waals surface area contributed by atoms with Crippen LogP contribution in [0.15, 0.2) is 29.2 Å². The first kappa shape index (κ1) is 19.1. The Morgan fingerprint density at radius 2 is 1.82 bits per heavy atom. The highest BCUT2D eigenvalue weighted by Gasteiger charge is 2.31. The van der Waals surface area contributed by atoms with Crippen molar-refractivity contribution in [1.29, 1.82) is 0 Å². The van der Waals surface area contributed by atoms with Gasteiger partial charge in [0.25, 0.3) is 0 Å². The van der Waals surface area contributed by atoms with Gasteiger partial charge in [-0.3, -0.25) is 0 Å². The van der Waals surface area contributed by atoms with E-state index in [2.05, 4.69) is 9.46 Å². The summed E-state index contributed by atoms with van der Waals surface area (Å²) in [6.45, 7) is 1.27. The van der Waals surface area contributed by atoms with Crippen molar-refractivity contribution in [1.82, 2.24) is 4.72 Å². The van der Waals surface area contributed by atoms with Gasteiger partial charge >= 0.3 is 6.36 Å². The summed E-state index contributed by atoms with van der Waals surface area (Å²) in [5.41, 5.74) is -1.23. The SMILES string of the molecule is CSCC(C)(O)CNS(=O)(=O)c1ccc(OC(F)(F)F)cc1. The van der Waals surface area contributed by atoms with Gasteiger partial charge in [0, 0.05) is 12.3 Å². The maximum absolute atomic E-state index is 12.0. The molecule has 126 valence electrons. The van der Waals surface area contributed by atoms with Crippen LogP contribution in [0.2, 0.25) is 0 Å². The van der Waals surface area contributed by atoms with E-state index in [0.29, 0.717) is 5.75 Å². The zero-order valence-electron chi connectivity index (χ0n) is 11.8. The maximum Gasteiger partial charge on any atom is 0.573 e. The summed E-state index contributed by atoms with van der Waals surface area (Å²) in [7, 11) is -3.93. The van der Waals surface area contributed by atoms with Crippen molar-refractivity contribution in [2.24, 2.45) is 0 Å². The first-order chi connectivity index (χ1) is 9.95. The highest BCUT2D eigenvalue weighted by molar-refractivity contribution is 7.98. The predicted molar refractivity (Wildman–Crippen MR) is 77.3 cm³/mol. The lowest BCUT2D eigenvalue weighted by Crippen LogP contribution is -2.42. The summed E-state index contributed by atoms with van der Waals surface area (Å²) in [5, 5.41) is 9.90. The molecule has 0 saturated heterocycles. The van der Waals surface area contributed by atoms with E-state index in [1.54, 1.807) is 6.26 Å². The van der Waals surface area contributed by atoms with Crippen molar-refractivity contribution in [3.05, 3.63) is 24.3 Å². The first-order valence-corrected chi connectivity index (χ1v) is 8.90. The molecule has 0 bridgehead atoms. The molecule has 1 atom stereocenters. The highest BCUT2D eigenvalue weighted by Crippen LogP contribution is 2.24. The summed E-state index contributed by atoms with van der Waals surface area (Å²) in [5.74, 6) is -0.186. The second kappa shape index (κ2) is 7.07. The highest BCUT2D eigenvalue weighted by atomic mass is 32.2. The number of hydrogen-bond acceptors (Lipinski definition) is 5. The van der Waals surface area contributed by atoms with Crippen LogP contribution in [0, 0.1) is 0 Å². The summed E-state index contributed by atoms with van der Waals surface area (Å²) < 4.78 is 65.9. The predicted octanol–water partition coefficient (Wildman–Crippen LogP) is 1.98. The topological polar surface area (TPSA) is 75.6 Å². The van der Waals surface area contributed by atoms with E-state index in [4.69, 9.17) is 0 Å². The number of ether oxygens (including phenoxy) is 1. The summed E-state index contributed by atoms with van der Waals surface area (Å²) >= 11 is 1.35. The summed E-state index contributed by atoms with van der Waals surface area (Å²) in [4.78, 5) is -0.220. The molecule has 0 spiro atoms. The minimum atomic E-state index is -4.84. The average molecular weight is 359 g/mol. The third-order valence-electron chi connectivity index (χ3n) is 2.47. The minimum Gasteiger partial charge on any atom is -0.406 e. The third-order valence-corrected chi connectivity index (χ3v) is 4.79. The molecule has 1 unspecified atom stereocenters. The smallest absolute Gasteiger partial charge is 0.406 e. The molecular formula is C12H16F3NO4S2. The van der Waals surface area contributed by atoms with Gasteiger partial charge in [0.1, 0.15) is 5.75 Å². The van der Waals surface area contributed by atoms with Crippen LogP contribution < -0.4 is 9.46 Å². The first-order valence-electron chi connectivity index (χ1n) is 6.02. The number of aliphatic hydroxyl groups is 1. The zero-order chi connectivity index (χ0) is 17.0. The number of halogens is 3. The molecule has 0 aromatic heterocycles. The fraction of sp³-hybridized carbons (Fsp3) is 0.500. The van der Waals surface area contributed by atoms with Crippen LogP contribution in [0.1, 0.15) is 6.92 Å². The maximum atomic E-state index is 12.0. The summed E-state index contributed by atoms with van der Waals surface area (Å²) in [6, 6.07) is 3.80. The van der Waals surface area contributed by atoms with Crippen molar-refractivity contribution >= 4 is 21.8 Å². The largest absolute Gasteiger partial charge is 0.573 e. The van der Waals surface area contributed by atoms with Crippen LogP contribution in [0.3, 0.4) is 0 Å². The Hall–Kier alpha value is -0.970. The Balaban J connectivity index is 2.77. The van der Waals surface area contributed by atoms with Gasteiger partial charge in [-0.1, -0.05) is 0 Å². The normalized spacial score (nSPS) is 15.4. The van der Waals surface area contributed by atoms with Gasteiger partial charge in [0.15, 0.2) is 0 Å². The second-order valence-electron chi connectivity index (χ2n) is 4.77. The quantitative estimate of drug-likeness (QED) is 0.779. The van der Waals surface area contributed by atoms with Crippen LogP contribution in [0.4, 0.5) is 13.2 Å². The lowest BCUT2D eigenvalue weighted by Gasteiger charge is -2.22. The Morgan fingerprint density at radius 1 is 1.27 bits per heavy atom. The molecule has 22 heavy (non-hydrogen) atoms. The van der Waals surface area contributed by atoms with Crippen molar-refractivity contribution < 1.29 is 31.4 Å². The number of alkyl halides is 3. The van der Waals surface area contributed by atoms with Gasteiger partial charge < -0.3 is 9.84 Å². The molecule has 0 aliphatic carbocycles. The minimum absolute atomic E-state index is 0.211. The molecule has 5 nitrogen and oxygen atoms in total. The fourth-order valence-electron chi connectivity index (χ4n) is 1.52. The molecule has 0 aliphatic heterocycles. The molecular weight excluding hydrogens is 343 g/mol. The number of hydrogen-bond donors (Lipinski definition) is 2. The Kier molecular flexibility index (Phi) is 6.13. The standard InChI is InChI=1S/C12H16F3NO4S2/c1-11(17,8-21-2)7-16-22(18,19)10-5-3-9(4-6-10)20-12(13,14)15/h3-6,16-17H,7-8H2,1-2H3. The van der Waals surface area contributed by atoms with Crippen molar-refractivity contribution in [2.75, 3.05) is 18.6 Å². The van der Waals surface area contributed by atoms with Gasteiger partial charge in [-0.05, 0) is 37.4 Å². The van der Waals surface area contributed by atoms with Crippen LogP contribution in [0.5, 0.6) is 5.75 Å². The van der Waals surface area contributed by atoms with Gasteiger partial charge in [-0.15, -0.1) is 13.2 Å². The second-order valence-corrected chi connectivity index (χ2v) is 7.41. The summed E-state index contributed by atoms with van der Waals surface area (Å²) in [6.07, 6.45) is -3.07. The number of thioether (sulfide) groups is 1. The van der Waals surface area contributed by atoms with E-state index in [1.807, 2.05) is 0 Å². The molecule has 0 heterocycles. The third kappa shape index (κ3) is 6.42. The van der Waals surface area contributed by atoms with Gasteiger partial charge in [-0.2, -0.15) is 11.8 Å². The zero-order valence-corrected chi connectivity index (χ0v) is 13.5. The van der Waals surface area contributed by atoms with Crippen LogP contribution >= 0.6 is 11.8 Å². The Morgan fingerprint density at radius 3 is 2.27 bits per heavy atom. The van der Waals surface area contributed by atoms with Crippen molar-refractivity contribution in [3.63, 3.8) is 0 Å². The molecule has 1 rings (SSSR count). The van der Waals surface area contributed by atoms with E-state index in [0.717, 1.165) is 24.3 Å². The molecule has 0 radical (unpaired) electrons. The molecule has 0 aliphatic rings. The van der Waals surface area contributed by atoms with Crippen molar-refractivity contribution in [2.45, 2.75) is 23.8 Å². The molecule has 0 amide bonds. The Bertz CT molecular complexity index is 585. The van der Waals surface area contributed by atoms with Crippen LogP contribution in [-0.2, 0) is 10.0 Å². The average Bonchev–Trinajstić information content (AvgIpc) is 2.35. The number of benzene rings is 1. The Labute approximate surface area is 130 Å². The van der Waals surface area contributed by atoms with E-state index in [9.17, 15) is 26.7 Å². The molecule has 10 heteroatoms. The lowest BCUT2D eigenvalue weighted by molar-refractivity contribution is -0.274. The van der Waals surface area contributed by atoms with E-state index in [1.165, 1.54) is 18.7 Å². The molecule has 1 aromatic carbocycles. The molecule has 0 saturated carbocycles. The lowest BCUT2D eigenvalue weighted by atomic mass is 10.1. The molecule has 2 N–H and O–H groups in total. The molecule has 1 aromatic rings.